The molecule has 3 aromatic rings. The number of nitrogens with one attached hydrogen (secondary N) is 1. The van der Waals surface area contributed by atoms with Crippen molar-refractivity contribution in [3.05, 3.63) is 81.8 Å². The highest BCUT2D eigenvalue weighted by Gasteiger charge is 2.20. The van der Waals surface area contributed by atoms with E-state index >= 15 is 0 Å². The van der Waals surface area contributed by atoms with E-state index in [2.05, 4.69) is 61.6 Å². The number of fused-ring (bicyclic) bond motifs is 1. The second-order valence-corrected chi connectivity index (χ2v) is 9.33. The Bertz CT molecular complexity index is 970. The van der Waals surface area contributed by atoms with Gasteiger partial charge in [0.15, 0.2) is 0 Å². The zero-order valence-corrected chi connectivity index (χ0v) is 19.2. The predicted octanol–water partition coefficient (Wildman–Crippen LogP) is 6.20. The van der Waals surface area contributed by atoms with Crippen molar-refractivity contribution in [1.82, 2.24) is 5.32 Å². The minimum absolute atomic E-state index is 0.157. The third-order valence-corrected chi connectivity index (χ3v) is 5.61. The summed E-state index contributed by atoms with van der Waals surface area (Å²) < 4.78 is 5.82. The zero-order chi connectivity index (χ0) is 21.7. The first kappa shape index (κ1) is 23.1. The normalized spacial score (nSPS) is 14.1. The van der Waals surface area contributed by atoms with Gasteiger partial charge in [-0.2, -0.15) is 0 Å². The highest BCUT2D eigenvalue weighted by molar-refractivity contribution is 6.34. The molecule has 30 heavy (non-hydrogen) atoms. The van der Waals surface area contributed by atoms with Crippen molar-refractivity contribution in [1.29, 1.82) is 0 Å². The van der Waals surface area contributed by atoms with Crippen molar-refractivity contribution in [3.63, 3.8) is 0 Å². The van der Waals surface area contributed by atoms with Gasteiger partial charge < -0.3 is 15.2 Å². The van der Waals surface area contributed by atoms with Gasteiger partial charge in [0.05, 0.1) is 18.8 Å². The van der Waals surface area contributed by atoms with Gasteiger partial charge in [-0.3, -0.25) is 0 Å². The van der Waals surface area contributed by atoms with Gasteiger partial charge in [0.25, 0.3) is 0 Å². The molecular weight excluding hydrogens is 417 g/mol. The Balaban J connectivity index is 1.49. The van der Waals surface area contributed by atoms with E-state index in [0.717, 1.165) is 12.0 Å². The van der Waals surface area contributed by atoms with Gasteiger partial charge in [-0.25, -0.2) is 0 Å². The summed E-state index contributed by atoms with van der Waals surface area (Å²) in [6.07, 6.45) is 0.0440. The lowest BCUT2D eigenvalue weighted by atomic mass is 9.93. The third-order valence-electron chi connectivity index (χ3n) is 5.17. The number of hydrogen-bond acceptors (Lipinski definition) is 3. The summed E-state index contributed by atoms with van der Waals surface area (Å²) in [4.78, 5) is 0. The molecule has 3 nitrogen and oxygen atoms in total. The van der Waals surface area contributed by atoms with E-state index in [9.17, 15) is 5.11 Å². The molecule has 2 atom stereocenters. The van der Waals surface area contributed by atoms with Crippen LogP contribution in [0.15, 0.2) is 60.7 Å². The molecule has 0 heterocycles. The van der Waals surface area contributed by atoms with E-state index in [1.165, 1.54) is 16.3 Å². The molecule has 1 unspecified atom stereocenters. The summed E-state index contributed by atoms with van der Waals surface area (Å²) in [6, 6.07) is 20.3. The van der Waals surface area contributed by atoms with Crippen molar-refractivity contribution < 1.29 is 9.84 Å². The second-order valence-electron chi connectivity index (χ2n) is 8.46. The molecule has 3 aromatic carbocycles. The maximum Gasteiger partial charge on any atom is 0.0898 e. The Morgan fingerprint density at radius 1 is 0.967 bits per heavy atom. The van der Waals surface area contributed by atoms with Crippen LogP contribution in [0.3, 0.4) is 0 Å². The number of ether oxygens (including phenoxy) is 1. The minimum Gasteiger partial charge on any atom is -0.389 e. The first-order valence-electron chi connectivity index (χ1n) is 10.2. The molecule has 2 N–H and O–H groups in total. The van der Waals surface area contributed by atoms with Crippen LogP contribution in [0.1, 0.15) is 38.0 Å². The molecule has 0 saturated carbocycles. The van der Waals surface area contributed by atoms with E-state index in [1.807, 2.05) is 19.1 Å². The maximum atomic E-state index is 10.4. The molecular formula is C25H29Cl2NO2. The number of aliphatic hydroxyl groups excluding tert-OH is 1. The number of halogens is 2. The molecule has 0 fully saturated rings. The molecule has 0 aromatic heterocycles. The largest absolute Gasteiger partial charge is 0.389 e. The number of hydrogen-bond donors (Lipinski definition) is 2. The van der Waals surface area contributed by atoms with E-state index in [-0.39, 0.29) is 18.2 Å². The van der Waals surface area contributed by atoms with Crippen molar-refractivity contribution in [2.24, 2.45) is 0 Å². The molecule has 0 saturated heterocycles. The van der Waals surface area contributed by atoms with Crippen LogP contribution in [-0.2, 0) is 11.2 Å². The summed E-state index contributed by atoms with van der Waals surface area (Å²) in [5.41, 5.74) is 2.00. The fourth-order valence-electron chi connectivity index (χ4n) is 3.54. The molecule has 0 radical (unpaired) electrons. The first-order valence-corrected chi connectivity index (χ1v) is 11.0. The van der Waals surface area contributed by atoms with Crippen LogP contribution in [0, 0.1) is 0 Å². The molecule has 0 aliphatic heterocycles. The fourth-order valence-corrected chi connectivity index (χ4v) is 4.08. The van der Waals surface area contributed by atoms with Gasteiger partial charge in [0.1, 0.15) is 0 Å². The Kier molecular flexibility index (Phi) is 7.78. The van der Waals surface area contributed by atoms with Crippen LogP contribution >= 0.6 is 23.2 Å². The molecule has 0 spiro atoms. The average Bonchev–Trinajstić information content (AvgIpc) is 2.69. The van der Waals surface area contributed by atoms with E-state index in [4.69, 9.17) is 27.9 Å². The first-order chi connectivity index (χ1) is 14.2. The summed E-state index contributed by atoms with van der Waals surface area (Å²) in [5, 5.41) is 17.5. The molecule has 3 rings (SSSR count). The van der Waals surface area contributed by atoms with Crippen molar-refractivity contribution in [3.8, 4) is 0 Å². The summed E-state index contributed by atoms with van der Waals surface area (Å²) in [7, 11) is 0. The standard InChI is InChI=1S/C25H29Cl2NO2/c1-17(21-11-22(26)13-23(27)12-21)30-16-24(29)15-28-25(2,3)14-18-8-9-19-6-4-5-7-20(19)10-18/h4-13,17,24,28-29H,14-16H2,1-3H3/t17?,24-/m1/s1. The second kappa shape index (κ2) is 10.1. The van der Waals surface area contributed by atoms with Crippen LogP contribution in [0.25, 0.3) is 10.8 Å². The Morgan fingerprint density at radius 2 is 1.63 bits per heavy atom. The van der Waals surface area contributed by atoms with Gasteiger partial charge in [0, 0.05) is 22.1 Å². The average molecular weight is 446 g/mol. The predicted molar refractivity (Wildman–Crippen MR) is 127 cm³/mol. The SMILES string of the molecule is CC(OC[C@H](O)CNC(C)(C)Cc1ccc2ccccc2c1)c1cc(Cl)cc(Cl)c1. The van der Waals surface area contributed by atoms with Gasteiger partial charge in [0.2, 0.25) is 0 Å². The van der Waals surface area contributed by atoms with E-state index in [1.54, 1.807) is 6.07 Å². The summed E-state index contributed by atoms with van der Waals surface area (Å²) in [5.74, 6) is 0. The maximum absolute atomic E-state index is 10.4. The van der Waals surface area contributed by atoms with Crippen LogP contribution in [0.4, 0.5) is 0 Å². The number of rotatable bonds is 9. The van der Waals surface area contributed by atoms with E-state index in [0.29, 0.717) is 16.6 Å². The van der Waals surface area contributed by atoms with Crippen molar-refractivity contribution in [2.45, 2.75) is 44.9 Å². The number of benzene rings is 3. The van der Waals surface area contributed by atoms with Crippen LogP contribution in [0.2, 0.25) is 10.0 Å². The Hall–Kier alpha value is -1.62. The lowest BCUT2D eigenvalue weighted by molar-refractivity contribution is -0.00417. The fraction of sp³-hybridized carbons (Fsp3) is 0.360. The minimum atomic E-state index is -0.613. The van der Waals surface area contributed by atoms with E-state index < -0.39 is 6.10 Å². The molecule has 160 valence electrons. The van der Waals surface area contributed by atoms with Crippen LogP contribution in [-0.4, -0.2) is 29.9 Å². The summed E-state index contributed by atoms with van der Waals surface area (Å²) >= 11 is 12.1. The van der Waals surface area contributed by atoms with Gasteiger partial charge >= 0.3 is 0 Å². The van der Waals surface area contributed by atoms with Crippen LogP contribution in [0.5, 0.6) is 0 Å². The Labute approximate surface area is 189 Å². The molecule has 5 heteroatoms. The highest BCUT2D eigenvalue weighted by Crippen LogP contribution is 2.25. The smallest absolute Gasteiger partial charge is 0.0898 e. The van der Waals surface area contributed by atoms with Gasteiger partial charge in [-0.05, 0) is 67.3 Å². The molecule has 0 aliphatic carbocycles. The van der Waals surface area contributed by atoms with Crippen molar-refractivity contribution in [2.75, 3.05) is 13.2 Å². The van der Waals surface area contributed by atoms with Crippen molar-refractivity contribution >= 4 is 34.0 Å². The topological polar surface area (TPSA) is 41.5 Å². The highest BCUT2D eigenvalue weighted by atomic mass is 35.5. The van der Waals surface area contributed by atoms with Gasteiger partial charge in [-0.1, -0.05) is 65.7 Å². The summed E-state index contributed by atoms with van der Waals surface area (Å²) in [6.45, 7) is 6.89. The third kappa shape index (κ3) is 6.69. The lowest BCUT2D eigenvalue weighted by Crippen LogP contribution is -2.46. The zero-order valence-electron chi connectivity index (χ0n) is 17.7. The molecule has 0 bridgehead atoms. The number of β-amino-alcohol motifs (C(OH)–C–C–N with tert-alkyl or cyclic N) is 1. The Morgan fingerprint density at radius 3 is 2.33 bits per heavy atom. The molecule has 0 aliphatic rings. The lowest BCUT2D eigenvalue weighted by Gasteiger charge is -2.28. The molecule has 0 amide bonds. The quantitative estimate of drug-likeness (QED) is 0.412. The number of aliphatic hydroxyl groups is 1. The monoisotopic (exact) mass is 445 g/mol. The van der Waals surface area contributed by atoms with Gasteiger partial charge in [-0.15, -0.1) is 0 Å². The van der Waals surface area contributed by atoms with Crippen LogP contribution < -0.4 is 5.32 Å².